The molecule has 0 spiro atoms. The van der Waals surface area contributed by atoms with Gasteiger partial charge in [0.25, 0.3) is 0 Å². The van der Waals surface area contributed by atoms with Crippen LogP contribution in [0.25, 0.3) is 11.1 Å². The SMILES string of the molecule is COc1ncccc1-c1cccnc1Sc1ccc(C(F)(F)F)cc1. The van der Waals surface area contributed by atoms with Gasteiger partial charge in [-0.2, -0.15) is 13.2 Å². The summed E-state index contributed by atoms with van der Waals surface area (Å²) < 4.78 is 43.3. The molecule has 7 heteroatoms. The summed E-state index contributed by atoms with van der Waals surface area (Å²) in [7, 11) is 1.53. The van der Waals surface area contributed by atoms with E-state index in [9.17, 15) is 13.2 Å². The smallest absolute Gasteiger partial charge is 0.416 e. The molecule has 0 N–H and O–H groups in total. The number of methoxy groups -OCH3 is 1. The van der Waals surface area contributed by atoms with Crippen LogP contribution in [0.3, 0.4) is 0 Å². The van der Waals surface area contributed by atoms with Crippen molar-refractivity contribution in [3.8, 4) is 17.0 Å². The zero-order valence-corrected chi connectivity index (χ0v) is 13.9. The summed E-state index contributed by atoms with van der Waals surface area (Å²) in [5, 5.41) is 0.661. The first-order valence-electron chi connectivity index (χ1n) is 7.28. The summed E-state index contributed by atoms with van der Waals surface area (Å²) in [5.41, 5.74) is 0.900. The average molecular weight is 362 g/mol. The highest BCUT2D eigenvalue weighted by atomic mass is 32.2. The van der Waals surface area contributed by atoms with E-state index >= 15 is 0 Å². The molecule has 0 unspecified atom stereocenters. The van der Waals surface area contributed by atoms with Crippen LogP contribution in [0.5, 0.6) is 5.88 Å². The molecule has 2 heterocycles. The van der Waals surface area contributed by atoms with Crippen LogP contribution in [-0.2, 0) is 6.18 Å². The number of ether oxygens (including phenoxy) is 1. The summed E-state index contributed by atoms with van der Waals surface area (Å²) in [6.45, 7) is 0. The highest BCUT2D eigenvalue weighted by Crippen LogP contribution is 2.38. The zero-order chi connectivity index (χ0) is 17.9. The molecule has 0 radical (unpaired) electrons. The van der Waals surface area contributed by atoms with Gasteiger partial charge < -0.3 is 4.74 Å². The Bertz CT molecular complexity index is 867. The predicted octanol–water partition coefficient (Wildman–Crippen LogP) is 5.32. The van der Waals surface area contributed by atoms with Crippen molar-refractivity contribution < 1.29 is 17.9 Å². The molecule has 25 heavy (non-hydrogen) atoms. The van der Waals surface area contributed by atoms with Crippen molar-refractivity contribution in [3.63, 3.8) is 0 Å². The number of halogens is 3. The van der Waals surface area contributed by atoms with Crippen LogP contribution in [0.2, 0.25) is 0 Å². The standard InChI is InChI=1S/C18H13F3N2OS/c1-24-16-14(4-2-10-22-16)15-5-3-11-23-17(15)25-13-8-6-12(7-9-13)18(19,20)21/h2-11H,1H3. The molecular weight excluding hydrogens is 349 g/mol. The predicted molar refractivity (Wildman–Crippen MR) is 89.6 cm³/mol. The summed E-state index contributed by atoms with van der Waals surface area (Å²) >= 11 is 1.29. The fourth-order valence-corrected chi connectivity index (χ4v) is 3.16. The second-order valence-corrected chi connectivity index (χ2v) is 6.10. The number of hydrogen-bond donors (Lipinski definition) is 0. The quantitative estimate of drug-likeness (QED) is 0.629. The van der Waals surface area contributed by atoms with Gasteiger partial charge in [0.2, 0.25) is 5.88 Å². The molecule has 0 bridgehead atoms. The first-order valence-corrected chi connectivity index (χ1v) is 8.10. The topological polar surface area (TPSA) is 35.0 Å². The monoisotopic (exact) mass is 362 g/mol. The number of pyridine rings is 2. The Morgan fingerprint density at radius 3 is 2.16 bits per heavy atom. The molecule has 2 aromatic heterocycles. The Hall–Kier alpha value is -2.54. The van der Waals surface area contributed by atoms with Crippen LogP contribution in [0.1, 0.15) is 5.56 Å². The normalized spacial score (nSPS) is 11.4. The van der Waals surface area contributed by atoms with E-state index in [0.717, 1.165) is 23.3 Å². The van der Waals surface area contributed by atoms with Gasteiger partial charge in [0, 0.05) is 28.4 Å². The third-order valence-electron chi connectivity index (χ3n) is 3.42. The minimum absolute atomic E-state index is 0.463. The summed E-state index contributed by atoms with van der Waals surface area (Å²) in [4.78, 5) is 9.19. The molecule has 0 amide bonds. The maximum atomic E-state index is 12.7. The summed E-state index contributed by atoms with van der Waals surface area (Å²) in [6, 6.07) is 12.3. The molecule has 0 aliphatic carbocycles. The molecule has 0 atom stereocenters. The van der Waals surface area contributed by atoms with Gasteiger partial charge in [-0.25, -0.2) is 9.97 Å². The van der Waals surface area contributed by atoms with Crippen LogP contribution in [0.15, 0.2) is 70.8 Å². The van der Waals surface area contributed by atoms with Crippen LogP contribution in [0.4, 0.5) is 13.2 Å². The van der Waals surface area contributed by atoms with E-state index in [0.29, 0.717) is 15.8 Å². The molecule has 0 aliphatic rings. The lowest BCUT2D eigenvalue weighted by Crippen LogP contribution is -2.03. The van der Waals surface area contributed by atoms with Crippen LogP contribution in [0, 0.1) is 0 Å². The van der Waals surface area contributed by atoms with Crippen molar-refractivity contribution in [2.24, 2.45) is 0 Å². The fourth-order valence-electron chi connectivity index (χ4n) is 2.26. The van der Waals surface area contributed by atoms with Crippen molar-refractivity contribution in [1.82, 2.24) is 9.97 Å². The lowest BCUT2D eigenvalue weighted by molar-refractivity contribution is -0.137. The van der Waals surface area contributed by atoms with Crippen LogP contribution < -0.4 is 4.74 Å². The molecule has 3 aromatic rings. The van der Waals surface area contributed by atoms with E-state index in [-0.39, 0.29) is 0 Å². The Kier molecular flexibility index (Phi) is 4.94. The van der Waals surface area contributed by atoms with Crippen LogP contribution in [-0.4, -0.2) is 17.1 Å². The Balaban J connectivity index is 1.94. The summed E-state index contributed by atoms with van der Waals surface area (Å²) in [6.07, 6.45) is -1.08. The van der Waals surface area contributed by atoms with Gasteiger partial charge in [-0.1, -0.05) is 11.8 Å². The van der Waals surface area contributed by atoms with Gasteiger partial charge in [0.15, 0.2) is 0 Å². The number of benzene rings is 1. The third-order valence-corrected chi connectivity index (χ3v) is 4.45. The van der Waals surface area contributed by atoms with E-state index in [2.05, 4.69) is 9.97 Å². The molecular formula is C18H13F3N2OS. The van der Waals surface area contributed by atoms with Crippen molar-refractivity contribution in [1.29, 1.82) is 0 Å². The second-order valence-electron chi connectivity index (χ2n) is 5.04. The minimum atomic E-state index is -4.34. The maximum absolute atomic E-state index is 12.7. The van der Waals surface area contributed by atoms with Gasteiger partial charge in [-0.05, 0) is 48.5 Å². The molecule has 0 saturated carbocycles. The molecule has 0 saturated heterocycles. The van der Waals surface area contributed by atoms with Crippen molar-refractivity contribution in [3.05, 3.63) is 66.5 Å². The summed E-state index contributed by atoms with van der Waals surface area (Å²) in [5.74, 6) is 0.463. The number of alkyl halides is 3. The zero-order valence-electron chi connectivity index (χ0n) is 13.1. The van der Waals surface area contributed by atoms with Gasteiger partial charge in [-0.3, -0.25) is 0 Å². The molecule has 0 fully saturated rings. The molecule has 3 nitrogen and oxygen atoms in total. The van der Waals surface area contributed by atoms with E-state index in [4.69, 9.17) is 4.74 Å². The van der Waals surface area contributed by atoms with E-state index in [1.807, 2.05) is 12.1 Å². The third kappa shape index (κ3) is 3.93. The van der Waals surface area contributed by atoms with Crippen LogP contribution >= 0.6 is 11.8 Å². The fraction of sp³-hybridized carbons (Fsp3) is 0.111. The Morgan fingerprint density at radius 2 is 1.52 bits per heavy atom. The molecule has 0 aliphatic heterocycles. The largest absolute Gasteiger partial charge is 0.481 e. The van der Waals surface area contributed by atoms with E-state index < -0.39 is 11.7 Å². The first-order chi connectivity index (χ1) is 12.0. The second kappa shape index (κ2) is 7.14. The Morgan fingerprint density at radius 1 is 0.880 bits per heavy atom. The minimum Gasteiger partial charge on any atom is -0.481 e. The number of rotatable bonds is 4. The highest BCUT2D eigenvalue weighted by Gasteiger charge is 2.30. The number of aromatic nitrogens is 2. The Labute approximate surface area is 146 Å². The average Bonchev–Trinajstić information content (AvgIpc) is 2.62. The highest BCUT2D eigenvalue weighted by molar-refractivity contribution is 7.99. The lowest BCUT2D eigenvalue weighted by atomic mass is 10.1. The van der Waals surface area contributed by atoms with Gasteiger partial charge in [-0.15, -0.1) is 0 Å². The van der Waals surface area contributed by atoms with Crippen molar-refractivity contribution in [2.45, 2.75) is 16.1 Å². The number of nitrogens with zero attached hydrogens (tertiary/aromatic N) is 2. The molecule has 3 rings (SSSR count). The van der Waals surface area contributed by atoms with Crippen molar-refractivity contribution in [2.75, 3.05) is 7.11 Å². The molecule has 128 valence electrons. The van der Waals surface area contributed by atoms with E-state index in [1.54, 1.807) is 24.5 Å². The lowest BCUT2D eigenvalue weighted by Gasteiger charge is -2.11. The number of hydrogen-bond acceptors (Lipinski definition) is 4. The maximum Gasteiger partial charge on any atom is 0.416 e. The van der Waals surface area contributed by atoms with Gasteiger partial charge >= 0.3 is 6.18 Å². The van der Waals surface area contributed by atoms with Crippen molar-refractivity contribution >= 4 is 11.8 Å². The molecule has 1 aromatic carbocycles. The van der Waals surface area contributed by atoms with Gasteiger partial charge in [0.1, 0.15) is 5.03 Å². The van der Waals surface area contributed by atoms with Gasteiger partial charge in [0.05, 0.1) is 12.7 Å². The first kappa shape index (κ1) is 17.3. The van der Waals surface area contributed by atoms with E-state index in [1.165, 1.54) is 31.0 Å².